The van der Waals surface area contributed by atoms with Crippen LogP contribution in [0.2, 0.25) is 0 Å². The minimum absolute atomic E-state index is 0.0408. The molecule has 1 aliphatic heterocycles. The molecular formula is C15H22N6O3. The van der Waals surface area contributed by atoms with Crippen molar-refractivity contribution in [3.05, 3.63) is 27.2 Å². The number of likely N-dealkylation sites (N-methyl/N-ethyl adjacent to an activating group) is 1. The Labute approximate surface area is 138 Å². The molecule has 0 aromatic carbocycles. The predicted octanol–water partition coefficient (Wildman–Crippen LogP) is -1.40. The molecule has 0 N–H and O–H groups in total. The third-order valence-corrected chi connectivity index (χ3v) is 4.70. The lowest BCUT2D eigenvalue weighted by molar-refractivity contribution is -0.133. The minimum atomic E-state index is -0.436. The van der Waals surface area contributed by atoms with Gasteiger partial charge in [-0.3, -0.25) is 18.7 Å². The molecule has 1 amide bonds. The van der Waals surface area contributed by atoms with E-state index in [2.05, 4.69) is 16.8 Å². The highest BCUT2D eigenvalue weighted by Crippen LogP contribution is 2.08. The fraction of sp³-hybridized carbons (Fsp3) is 0.600. The van der Waals surface area contributed by atoms with Crippen molar-refractivity contribution in [1.29, 1.82) is 0 Å². The van der Waals surface area contributed by atoms with E-state index in [9.17, 15) is 14.4 Å². The van der Waals surface area contributed by atoms with Crippen LogP contribution >= 0.6 is 0 Å². The van der Waals surface area contributed by atoms with Crippen LogP contribution in [0, 0.1) is 0 Å². The van der Waals surface area contributed by atoms with Gasteiger partial charge in [-0.15, -0.1) is 0 Å². The zero-order chi connectivity index (χ0) is 17.4. The van der Waals surface area contributed by atoms with Crippen LogP contribution < -0.4 is 11.2 Å². The first-order valence-corrected chi connectivity index (χ1v) is 8.05. The normalized spacial score (nSPS) is 16.0. The van der Waals surface area contributed by atoms with Crippen LogP contribution in [0.25, 0.3) is 11.2 Å². The summed E-state index contributed by atoms with van der Waals surface area (Å²) in [5.74, 6) is -0.0408. The molecule has 1 saturated heterocycles. The Kier molecular flexibility index (Phi) is 4.27. The number of piperazine rings is 1. The molecule has 0 bridgehead atoms. The highest BCUT2D eigenvalue weighted by molar-refractivity contribution is 5.79. The van der Waals surface area contributed by atoms with Crippen molar-refractivity contribution in [3.8, 4) is 0 Å². The Balaban J connectivity index is 1.88. The fourth-order valence-corrected chi connectivity index (χ4v) is 3.08. The van der Waals surface area contributed by atoms with Gasteiger partial charge in [0.1, 0.15) is 6.54 Å². The summed E-state index contributed by atoms with van der Waals surface area (Å²) in [4.78, 5) is 45.1. The number of hydrogen-bond donors (Lipinski definition) is 0. The number of nitrogens with zero attached hydrogens (tertiary/aromatic N) is 6. The Morgan fingerprint density at radius 2 is 1.79 bits per heavy atom. The number of aryl methyl sites for hydroxylation is 1. The zero-order valence-corrected chi connectivity index (χ0v) is 14.2. The van der Waals surface area contributed by atoms with Crippen molar-refractivity contribution >= 4 is 17.1 Å². The second-order valence-corrected chi connectivity index (χ2v) is 6.07. The molecule has 2 aromatic rings. The average molecular weight is 334 g/mol. The summed E-state index contributed by atoms with van der Waals surface area (Å²) < 4.78 is 3.88. The summed E-state index contributed by atoms with van der Waals surface area (Å²) >= 11 is 0. The maximum absolute atomic E-state index is 12.5. The summed E-state index contributed by atoms with van der Waals surface area (Å²) in [5, 5.41) is 0. The van der Waals surface area contributed by atoms with Crippen molar-refractivity contribution in [2.24, 2.45) is 14.1 Å². The van der Waals surface area contributed by atoms with Crippen LogP contribution in [-0.2, 0) is 25.4 Å². The van der Waals surface area contributed by atoms with Crippen molar-refractivity contribution in [2.75, 3.05) is 32.7 Å². The largest absolute Gasteiger partial charge is 0.339 e. The van der Waals surface area contributed by atoms with Gasteiger partial charge in [-0.05, 0) is 6.54 Å². The van der Waals surface area contributed by atoms with Crippen LogP contribution in [-0.4, -0.2) is 67.1 Å². The molecule has 3 heterocycles. The molecule has 9 nitrogen and oxygen atoms in total. The number of rotatable bonds is 3. The lowest BCUT2D eigenvalue weighted by Crippen LogP contribution is -2.49. The number of imidazole rings is 1. The van der Waals surface area contributed by atoms with Crippen molar-refractivity contribution in [3.63, 3.8) is 0 Å². The molecule has 0 atom stereocenters. The molecule has 1 aliphatic rings. The average Bonchev–Trinajstić information content (AvgIpc) is 3.01. The number of aromatic nitrogens is 4. The molecule has 0 radical (unpaired) electrons. The Bertz CT molecular complexity index is 885. The fourth-order valence-electron chi connectivity index (χ4n) is 3.08. The Morgan fingerprint density at radius 3 is 2.42 bits per heavy atom. The van der Waals surface area contributed by atoms with Gasteiger partial charge < -0.3 is 14.4 Å². The summed E-state index contributed by atoms with van der Waals surface area (Å²) in [7, 11) is 2.99. The van der Waals surface area contributed by atoms with Crippen LogP contribution in [0.5, 0.6) is 0 Å². The topological polar surface area (TPSA) is 85.4 Å². The Hall–Kier alpha value is -2.42. The molecule has 0 aliphatic carbocycles. The van der Waals surface area contributed by atoms with E-state index in [0.29, 0.717) is 18.7 Å². The standard InChI is InChI=1S/C15H22N6O3/c1-4-19-5-7-20(8-6-19)11(22)9-21-10-16-13-12(21)14(23)18(3)15(24)17(13)2/h10H,4-9H2,1-3H3. The van der Waals surface area contributed by atoms with Crippen molar-refractivity contribution in [2.45, 2.75) is 13.5 Å². The van der Waals surface area contributed by atoms with Gasteiger partial charge in [-0.25, -0.2) is 9.78 Å². The van der Waals surface area contributed by atoms with Gasteiger partial charge in [0.2, 0.25) is 5.91 Å². The Morgan fingerprint density at radius 1 is 1.12 bits per heavy atom. The molecule has 3 rings (SSSR count). The maximum Gasteiger partial charge on any atom is 0.332 e. The zero-order valence-electron chi connectivity index (χ0n) is 14.2. The lowest BCUT2D eigenvalue weighted by Gasteiger charge is -2.34. The highest BCUT2D eigenvalue weighted by Gasteiger charge is 2.22. The molecule has 0 saturated carbocycles. The number of carbonyl (C=O) groups excluding carboxylic acids is 1. The van der Waals surface area contributed by atoms with Crippen LogP contribution in [0.1, 0.15) is 6.92 Å². The van der Waals surface area contributed by atoms with E-state index in [-0.39, 0.29) is 18.0 Å². The molecule has 130 valence electrons. The van der Waals surface area contributed by atoms with E-state index in [1.165, 1.54) is 22.5 Å². The second-order valence-electron chi connectivity index (χ2n) is 6.07. The maximum atomic E-state index is 12.5. The van der Waals surface area contributed by atoms with E-state index >= 15 is 0 Å². The minimum Gasteiger partial charge on any atom is -0.339 e. The summed E-state index contributed by atoms with van der Waals surface area (Å²) in [6.45, 7) is 6.25. The molecule has 9 heteroatoms. The summed E-state index contributed by atoms with van der Waals surface area (Å²) in [5.41, 5.74) is -0.291. The molecule has 0 unspecified atom stereocenters. The third-order valence-electron chi connectivity index (χ3n) is 4.70. The summed E-state index contributed by atoms with van der Waals surface area (Å²) in [6.07, 6.45) is 1.45. The van der Waals surface area contributed by atoms with E-state index < -0.39 is 11.2 Å². The third kappa shape index (κ3) is 2.64. The molecule has 1 fully saturated rings. The monoisotopic (exact) mass is 334 g/mol. The lowest BCUT2D eigenvalue weighted by atomic mass is 10.3. The van der Waals surface area contributed by atoms with Gasteiger partial charge in [0.05, 0.1) is 6.33 Å². The van der Waals surface area contributed by atoms with E-state index in [1.807, 2.05) is 4.90 Å². The van der Waals surface area contributed by atoms with Crippen LogP contribution in [0.15, 0.2) is 15.9 Å². The molecule has 2 aromatic heterocycles. The van der Waals surface area contributed by atoms with E-state index in [0.717, 1.165) is 24.2 Å². The quantitative estimate of drug-likeness (QED) is 0.689. The first-order valence-electron chi connectivity index (χ1n) is 8.05. The molecule has 24 heavy (non-hydrogen) atoms. The number of hydrogen-bond acceptors (Lipinski definition) is 5. The van der Waals surface area contributed by atoms with E-state index in [1.54, 1.807) is 7.05 Å². The van der Waals surface area contributed by atoms with Crippen LogP contribution in [0.4, 0.5) is 0 Å². The smallest absolute Gasteiger partial charge is 0.332 e. The van der Waals surface area contributed by atoms with Gasteiger partial charge in [0, 0.05) is 40.3 Å². The van der Waals surface area contributed by atoms with Gasteiger partial charge in [-0.1, -0.05) is 6.92 Å². The number of fused-ring (bicyclic) bond motifs is 1. The van der Waals surface area contributed by atoms with E-state index in [4.69, 9.17) is 0 Å². The summed E-state index contributed by atoms with van der Waals surface area (Å²) in [6, 6.07) is 0. The molecule has 0 spiro atoms. The first kappa shape index (κ1) is 16.4. The van der Waals surface area contributed by atoms with Gasteiger partial charge in [-0.2, -0.15) is 0 Å². The van der Waals surface area contributed by atoms with Gasteiger partial charge in [0.25, 0.3) is 5.56 Å². The SMILES string of the molecule is CCN1CCN(C(=O)Cn2cnc3c2c(=O)n(C)c(=O)n3C)CC1. The number of carbonyl (C=O) groups is 1. The number of amides is 1. The van der Waals surface area contributed by atoms with Crippen molar-refractivity contribution < 1.29 is 4.79 Å². The second kappa shape index (κ2) is 6.23. The first-order chi connectivity index (χ1) is 11.4. The van der Waals surface area contributed by atoms with Gasteiger partial charge >= 0.3 is 5.69 Å². The van der Waals surface area contributed by atoms with Crippen molar-refractivity contribution in [1.82, 2.24) is 28.5 Å². The van der Waals surface area contributed by atoms with Crippen LogP contribution in [0.3, 0.4) is 0 Å². The van der Waals surface area contributed by atoms with Gasteiger partial charge in [0.15, 0.2) is 11.2 Å². The predicted molar refractivity (Wildman–Crippen MR) is 88.9 cm³/mol. The molecular weight excluding hydrogens is 312 g/mol. The highest BCUT2D eigenvalue weighted by atomic mass is 16.2.